The third-order valence-corrected chi connectivity index (χ3v) is 1.49. The predicted molar refractivity (Wildman–Crippen MR) is 51.7 cm³/mol. The van der Waals surface area contributed by atoms with E-state index in [9.17, 15) is 4.79 Å². The van der Waals surface area contributed by atoms with Crippen molar-refractivity contribution < 1.29 is 4.79 Å². The number of carbonyl (C=O) groups is 1. The maximum atomic E-state index is 10.6. The zero-order chi connectivity index (χ0) is 9.94. The molecule has 0 aliphatic carbocycles. The summed E-state index contributed by atoms with van der Waals surface area (Å²) in [5, 5.41) is 6.21. The second-order valence-electron chi connectivity index (χ2n) is 2.61. The van der Waals surface area contributed by atoms with Gasteiger partial charge in [0.15, 0.2) is 0 Å². The Balaban J connectivity index is 2.95. The van der Waals surface area contributed by atoms with Crippen LogP contribution in [-0.4, -0.2) is 38.6 Å². The average molecular weight is 189 g/mol. The van der Waals surface area contributed by atoms with Gasteiger partial charge in [-0.1, -0.05) is 0 Å². The van der Waals surface area contributed by atoms with Gasteiger partial charge >= 0.3 is 0 Å². The summed E-state index contributed by atoms with van der Waals surface area (Å²) in [5.41, 5.74) is 7.34. The van der Waals surface area contributed by atoms with Crippen LogP contribution in [0, 0.1) is 0 Å². The standard InChI is InChI=1S/C7H19N5O/c8-2-4-11-6-5-10-3-1-7(13)12-9/h10-11H,1-6,8-9H2,(H,12,13). The largest absolute Gasteiger partial charge is 0.329 e. The lowest BCUT2D eigenvalue weighted by Crippen LogP contribution is -2.35. The summed E-state index contributed by atoms with van der Waals surface area (Å²) in [7, 11) is 0. The number of rotatable bonds is 8. The molecule has 0 saturated heterocycles. The molecule has 0 fully saturated rings. The molecule has 0 unspecified atom stereocenters. The molecule has 0 aromatic heterocycles. The number of hydrogen-bond donors (Lipinski definition) is 5. The van der Waals surface area contributed by atoms with Gasteiger partial charge in [-0.3, -0.25) is 10.2 Å². The monoisotopic (exact) mass is 189 g/mol. The van der Waals surface area contributed by atoms with Crippen molar-refractivity contribution in [3.8, 4) is 0 Å². The van der Waals surface area contributed by atoms with Crippen molar-refractivity contribution in [1.82, 2.24) is 16.1 Å². The van der Waals surface area contributed by atoms with Crippen molar-refractivity contribution in [2.24, 2.45) is 11.6 Å². The first kappa shape index (κ1) is 12.3. The van der Waals surface area contributed by atoms with Gasteiger partial charge in [-0.05, 0) is 0 Å². The SMILES string of the molecule is NCCNCCNCCC(=O)NN. The van der Waals surface area contributed by atoms with E-state index in [0.717, 1.165) is 19.6 Å². The van der Waals surface area contributed by atoms with Gasteiger partial charge in [0.05, 0.1) is 0 Å². The van der Waals surface area contributed by atoms with Gasteiger partial charge in [0.1, 0.15) is 0 Å². The summed E-state index contributed by atoms with van der Waals surface area (Å²) >= 11 is 0. The number of carbonyl (C=O) groups excluding carboxylic acids is 1. The Bertz CT molecular complexity index is 130. The molecule has 0 rings (SSSR count). The molecule has 13 heavy (non-hydrogen) atoms. The fourth-order valence-electron chi connectivity index (χ4n) is 0.803. The maximum absolute atomic E-state index is 10.6. The minimum absolute atomic E-state index is 0.151. The lowest BCUT2D eigenvalue weighted by Gasteiger charge is -2.04. The summed E-state index contributed by atoms with van der Waals surface area (Å²) in [6.45, 7) is 3.81. The summed E-state index contributed by atoms with van der Waals surface area (Å²) in [6, 6.07) is 0. The zero-order valence-electron chi connectivity index (χ0n) is 7.81. The van der Waals surface area contributed by atoms with Gasteiger partial charge in [0, 0.05) is 39.1 Å². The molecule has 0 aliphatic heterocycles. The van der Waals surface area contributed by atoms with E-state index in [-0.39, 0.29) is 5.91 Å². The Morgan fingerprint density at radius 2 is 1.69 bits per heavy atom. The van der Waals surface area contributed by atoms with Gasteiger partial charge < -0.3 is 16.4 Å². The minimum Gasteiger partial charge on any atom is -0.329 e. The third kappa shape index (κ3) is 9.22. The number of nitrogens with one attached hydrogen (secondary N) is 3. The Labute approximate surface area is 78.4 Å². The molecule has 0 bridgehead atoms. The highest BCUT2D eigenvalue weighted by molar-refractivity contribution is 5.75. The molecule has 1 amide bonds. The van der Waals surface area contributed by atoms with Gasteiger partial charge in [0.25, 0.3) is 0 Å². The van der Waals surface area contributed by atoms with Crippen LogP contribution in [0.25, 0.3) is 0 Å². The maximum Gasteiger partial charge on any atom is 0.235 e. The predicted octanol–water partition coefficient (Wildman–Crippen LogP) is -2.50. The fraction of sp³-hybridized carbons (Fsp3) is 0.857. The van der Waals surface area contributed by atoms with E-state index in [1.807, 2.05) is 0 Å². The molecule has 0 aromatic rings. The van der Waals surface area contributed by atoms with Crippen molar-refractivity contribution in [1.29, 1.82) is 0 Å². The second kappa shape index (κ2) is 9.40. The van der Waals surface area contributed by atoms with Crippen molar-refractivity contribution in [3.63, 3.8) is 0 Å². The Morgan fingerprint density at radius 3 is 2.23 bits per heavy atom. The van der Waals surface area contributed by atoms with Crippen LogP contribution >= 0.6 is 0 Å². The van der Waals surface area contributed by atoms with Gasteiger partial charge in [-0.15, -0.1) is 0 Å². The number of amides is 1. The highest BCUT2D eigenvalue weighted by Gasteiger charge is 1.95. The van der Waals surface area contributed by atoms with Crippen LogP contribution in [0.4, 0.5) is 0 Å². The van der Waals surface area contributed by atoms with Gasteiger partial charge in [-0.25, -0.2) is 5.84 Å². The van der Waals surface area contributed by atoms with Crippen LogP contribution < -0.4 is 27.6 Å². The molecule has 0 radical (unpaired) electrons. The average Bonchev–Trinajstić information content (AvgIpc) is 2.16. The molecule has 0 heterocycles. The summed E-state index contributed by atoms with van der Waals surface area (Å²) < 4.78 is 0. The van der Waals surface area contributed by atoms with Crippen LogP contribution in [-0.2, 0) is 4.79 Å². The van der Waals surface area contributed by atoms with Crippen LogP contribution in [0.3, 0.4) is 0 Å². The summed E-state index contributed by atoms with van der Waals surface area (Å²) in [5.74, 6) is 4.75. The van der Waals surface area contributed by atoms with E-state index in [1.165, 1.54) is 0 Å². The van der Waals surface area contributed by atoms with Crippen molar-refractivity contribution in [3.05, 3.63) is 0 Å². The fourth-order valence-corrected chi connectivity index (χ4v) is 0.803. The lowest BCUT2D eigenvalue weighted by molar-refractivity contribution is -0.121. The van der Waals surface area contributed by atoms with E-state index in [1.54, 1.807) is 0 Å². The van der Waals surface area contributed by atoms with Crippen LogP contribution in [0.2, 0.25) is 0 Å². The molecule has 78 valence electrons. The minimum atomic E-state index is -0.151. The number of nitrogens with two attached hydrogens (primary N) is 2. The van der Waals surface area contributed by atoms with Gasteiger partial charge in [-0.2, -0.15) is 0 Å². The molecule has 7 N–H and O–H groups in total. The topological polar surface area (TPSA) is 105 Å². The second-order valence-corrected chi connectivity index (χ2v) is 2.61. The Kier molecular flexibility index (Phi) is 8.90. The quantitative estimate of drug-likeness (QED) is 0.126. The number of hydrogen-bond acceptors (Lipinski definition) is 5. The molecule has 0 aromatic carbocycles. The van der Waals surface area contributed by atoms with E-state index < -0.39 is 0 Å². The van der Waals surface area contributed by atoms with E-state index >= 15 is 0 Å². The van der Waals surface area contributed by atoms with E-state index in [0.29, 0.717) is 19.5 Å². The summed E-state index contributed by atoms with van der Waals surface area (Å²) in [6.07, 6.45) is 0.410. The first-order valence-electron chi connectivity index (χ1n) is 4.42. The van der Waals surface area contributed by atoms with Crippen molar-refractivity contribution in [2.45, 2.75) is 6.42 Å². The summed E-state index contributed by atoms with van der Waals surface area (Å²) in [4.78, 5) is 10.6. The molecule has 0 spiro atoms. The first-order valence-corrected chi connectivity index (χ1v) is 4.42. The van der Waals surface area contributed by atoms with Crippen LogP contribution in [0.15, 0.2) is 0 Å². The highest BCUT2D eigenvalue weighted by atomic mass is 16.2. The van der Waals surface area contributed by atoms with Crippen LogP contribution in [0.1, 0.15) is 6.42 Å². The molecule has 0 aliphatic rings. The van der Waals surface area contributed by atoms with E-state index in [4.69, 9.17) is 11.6 Å². The smallest absolute Gasteiger partial charge is 0.235 e. The molecule has 0 atom stereocenters. The number of hydrazine groups is 1. The lowest BCUT2D eigenvalue weighted by atomic mass is 10.4. The van der Waals surface area contributed by atoms with Crippen molar-refractivity contribution in [2.75, 3.05) is 32.7 Å². The first-order chi connectivity index (χ1) is 6.31. The van der Waals surface area contributed by atoms with Crippen LogP contribution in [0.5, 0.6) is 0 Å². The molecular weight excluding hydrogens is 170 g/mol. The molecule has 0 saturated carbocycles. The normalized spacial score (nSPS) is 10.0. The zero-order valence-corrected chi connectivity index (χ0v) is 7.81. The highest BCUT2D eigenvalue weighted by Crippen LogP contribution is 1.73. The Hall–Kier alpha value is -0.690. The van der Waals surface area contributed by atoms with Crippen molar-refractivity contribution >= 4 is 5.91 Å². The van der Waals surface area contributed by atoms with Gasteiger partial charge in [0.2, 0.25) is 5.91 Å². The molecular formula is C7H19N5O. The van der Waals surface area contributed by atoms with E-state index in [2.05, 4.69) is 16.1 Å². The molecule has 6 nitrogen and oxygen atoms in total. The third-order valence-electron chi connectivity index (χ3n) is 1.49. The molecule has 6 heteroatoms. The Morgan fingerprint density at radius 1 is 1.08 bits per heavy atom.